The van der Waals surface area contributed by atoms with E-state index in [1.807, 2.05) is 25.1 Å². The minimum atomic E-state index is -0.458. The summed E-state index contributed by atoms with van der Waals surface area (Å²) in [5.74, 6) is 0.146. The van der Waals surface area contributed by atoms with Gasteiger partial charge >= 0.3 is 5.63 Å². The molecule has 0 aliphatic rings. The number of benzene rings is 2. The molecule has 0 aliphatic heterocycles. The fourth-order valence-corrected chi connectivity index (χ4v) is 2.76. The lowest BCUT2D eigenvalue weighted by molar-refractivity contribution is 0.101. The van der Waals surface area contributed by atoms with Crippen LogP contribution in [-0.4, -0.2) is 10.9 Å². The van der Waals surface area contributed by atoms with Crippen molar-refractivity contribution in [3.8, 4) is 5.75 Å². The maximum absolute atomic E-state index is 11.8. The molecule has 0 radical (unpaired) electrons. The number of ketones is 1. The number of phenolic OH excluding ortho intramolecular Hbond substituents is 1. The molecule has 0 unspecified atom stereocenters. The van der Waals surface area contributed by atoms with E-state index in [1.165, 1.54) is 19.1 Å². The van der Waals surface area contributed by atoms with Gasteiger partial charge in [0.25, 0.3) is 0 Å². The fraction of sp³-hybridized carbons (Fsp3) is 0.200. The largest absolute Gasteiger partial charge is 0.508 e. The van der Waals surface area contributed by atoms with E-state index in [0.29, 0.717) is 24.1 Å². The van der Waals surface area contributed by atoms with Crippen LogP contribution in [0.2, 0.25) is 0 Å². The summed E-state index contributed by atoms with van der Waals surface area (Å²) in [4.78, 5) is 23.1. The lowest BCUT2D eigenvalue weighted by atomic mass is 10.0. The molecule has 2 N–H and O–H groups in total. The fourth-order valence-electron chi connectivity index (χ4n) is 2.76. The van der Waals surface area contributed by atoms with Crippen molar-refractivity contribution in [2.24, 2.45) is 0 Å². The van der Waals surface area contributed by atoms with E-state index in [2.05, 4.69) is 5.32 Å². The molecule has 0 atom stereocenters. The lowest BCUT2D eigenvalue weighted by Crippen LogP contribution is -2.06. The van der Waals surface area contributed by atoms with Crippen molar-refractivity contribution < 1.29 is 14.3 Å². The second kappa shape index (κ2) is 6.81. The molecule has 1 heterocycles. The molecule has 0 amide bonds. The van der Waals surface area contributed by atoms with Gasteiger partial charge in [0.15, 0.2) is 5.78 Å². The Morgan fingerprint density at radius 2 is 1.84 bits per heavy atom. The van der Waals surface area contributed by atoms with Crippen LogP contribution >= 0.6 is 0 Å². The van der Waals surface area contributed by atoms with Gasteiger partial charge in [0, 0.05) is 35.3 Å². The van der Waals surface area contributed by atoms with Crippen LogP contribution in [0.5, 0.6) is 5.75 Å². The van der Waals surface area contributed by atoms with Crippen LogP contribution in [0.1, 0.15) is 35.3 Å². The molecule has 128 valence electrons. The summed E-state index contributed by atoms with van der Waals surface area (Å²) in [5, 5.41) is 14.0. The Morgan fingerprint density at radius 1 is 1.12 bits per heavy atom. The van der Waals surface area contributed by atoms with E-state index in [4.69, 9.17) is 4.42 Å². The number of aromatic hydroxyl groups is 1. The van der Waals surface area contributed by atoms with Crippen LogP contribution in [0.25, 0.3) is 11.0 Å². The topological polar surface area (TPSA) is 79.5 Å². The molecule has 5 nitrogen and oxygen atoms in total. The molecule has 0 fully saturated rings. The van der Waals surface area contributed by atoms with Gasteiger partial charge in [-0.3, -0.25) is 4.79 Å². The molecule has 2 aromatic carbocycles. The van der Waals surface area contributed by atoms with Gasteiger partial charge in [0.05, 0.1) is 0 Å². The van der Waals surface area contributed by atoms with Crippen molar-refractivity contribution in [2.45, 2.75) is 26.8 Å². The number of nitrogens with one attached hydrogen (secondary N) is 1. The quantitative estimate of drug-likeness (QED) is 0.546. The lowest BCUT2D eigenvalue weighted by Gasteiger charge is -2.11. The number of phenols is 1. The zero-order chi connectivity index (χ0) is 18.0. The summed E-state index contributed by atoms with van der Waals surface area (Å²) in [5.41, 5.74) is 3.00. The van der Waals surface area contributed by atoms with E-state index in [9.17, 15) is 14.7 Å². The molecular formula is C20H19NO4. The minimum Gasteiger partial charge on any atom is -0.508 e. The van der Waals surface area contributed by atoms with Gasteiger partial charge in [-0.05, 0) is 54.8 Å². The van der Waals surface area contributed by atoms with Gasteiger partial charge < -0.3 is 14.8 Å². The van der Waals surface area contributed by atoms with E-state index >= 15 is 0 Å². The molecular weight excluding hydrogens is 318 g/mol. The molecule has 1 aromatic heterocycles. The highest BCUT2D eigenvalue weighted by molar-refractivity contribution is 5.94. The highest BCUT2D eigenvalue weighted by Crippen LogP contribution is 2.27. The van der Waals surface area contributed by atoms with Crippen LogP contribution < -0.4 is 10.9 Å². The normalized spacial score (nSPS) is 10.8. The van der Waals surface area contributed by atoms with Crippen molar-refractivity contribution in [3.63, 3.8) is 0 Å². The molecule has 0 saturated heterocycles. The van der Waals surface area contributed by atoms with Gasteiger partial charge in [0.2, 0.25) is 0 Å². The smallest absolute Gasteiger partial charge is 0.336 e. The monoisotopic (exact) mass is 337 g/mol. The summed E-state index contributed by atoms with van der Waals surface area (Å²) in [6.45, 7) is 3.91. The molecule has 0 saturated carbocycles. The maximum atomic E-state index is 11.8. The third-order valence-corrected chi connectivity index (χ3v) is 4.18. The van der Waals surface area contributed by atoms with Gasteiger partial charge in [-0.25, -0.2) is 4.79 Å². The van der Waals surface area contributed by atoms with Crippen molar-refractivity contribution in [1.82, 2.24) is 0 Å². The number of carbonyl (C=O) groups is 1. The molecule has 25 heavy (non-hydrogen) atoms. The van der Waals surface area contributed by atoms with Crippen LogP contribution in [0, 0.1) is 0 Å². The second-order valence-corrected chi connectivity index (χ2v) is 5.91. The predicted molar refractivity (Wildman–Crippen MR) is 97.3 cm³/mol. The number of carbonyl (C=O) groups excluding carboxylic acids is 1. The van der Waals surface area contributed by atoms with Crippen LogP contribution in [-0.2, 0) is 13.0 Å². The van der Waals surface area contributed by atoms with Crippen molar-refractivity contribution >= 4 is 22.4 Å². The third-order valence-electron chi connectivity index (χ3n) is 4.18. The SMILES string of the molecule is CCc1cc2c(CNc3ccc(C(C)=O)cc3)cc(=O)oc2cc1O. The Hall–Kier alpha value is -3.08. The Balaban J connectivity index is 1.92. The summed E-state index contributed by atoms with van der Waals surface area (Å²) in [7, 11) is 0. The number of rotatable bonds is 5. The van der Waals surface area contributed by atoms with E-state index in [-0.39, 0.29) is 11.5 Å². The Bertz CT molecular complexity index is 987. The van der Waals surface area contributed by atoms with Crippen molar-refractivity contribution in [3.05, 3.63) is 69.6 Å². The molecule has 0 bridgehead atoms. The summed E-state index contributed by atoms with van der Waals surface area (Å²) < 4.78 is 5.20. The van der Waals surface area contributed by atoms with Gasteiger partial charge in [-0.1, -0.05) is 6.92 Å². The van der Waals surface area contributed by atoms with Gasteiger partial charge in [0.1, 0.15) is 11.3 Å². The average molecular weight is 337 g/mol. The highest BCUT2D eigenvalue weighted by atomic mass is 16.4. The van der Waals surface area contributed by atoms with E-state index in [0.717, 1.165) is 22.2 Å². The summed E-state index contributed by atoms with van der Waals surface area (Å²) in [6.07, 6.45) is 0.681. The van der Waals surface area contributed by atoms with E-state index in [1.54, 1.807) is 12.1 Å². The standard InChI is InChI=1S/C20H19NO4/c1-3-13-8-17-15(9-20(24)25-19(17)10-18(13)23)11-21-16-6-4-14(5-7-16)12(2)22/h4-10,21,23H,3,11H2,1-2H3. The summed E-state index contributed by atoms with van der Waals surface area (Å²) in [6, 6.07) is 12.0. The first-order chi connectivity index (χ1) is 12.0. The van der Waals surface area contributed by atoms with Crippen LogP contribution in [0.15, 0.2) is 51.7 Å². The Labute approximate surface area is 144 Å². The first kappa shape index (κ1) is 16.8. The molecule has 5 heteroatoms. The number of hydrogen-bond donors (Lipinski definition) is 2. The van der Waals surface area contributed by atoms with Crippen LogP contribution in [0.4, 0.5) is 5.69 Å². The minimum absolute atomic E-state index is 0.0186. The van der Waals surface area contributed by atoms with Crippen molar-refractivity contribution in [2.75, 3.05) is 5.32 Å². The zero-order valence-corrected chi connectivity index (χ0v) is 14.1. The first-order valence-electron chi connectivity index (χ1n) is 8.11. The number of hydrogen-bond acceptors (Lipinski definition) is 5. The number of fused-ring (bicyclic) bond motifs is 1. The first-order valence-corrected chi connectivity index (χ1v) is 8.11. The number of aryl methyl sites for hydroxylation is 1. The molecule has 3 rings (SSSR count). The third kappa shape index (κ3) is 3.55. The second-order valence-electron chi connectivity index (χ2n) is 5.91. The average Bonchev–Trinajstić information content (AvgIpc) is 2.59. The zero-order valence-electron chi connectivity index (χ0n) is 14.1. The molecule has 3 aromatic rings. The van der Waals surface area contributed by atoms with Crippen molar-refractivity contribution in [1.29, 1.82) is 0 Å². The number of anilines is 1. The Kier molecular flexibility index (Phi) is 4.57. The van der Waals surface area contributed by atoms with E-state index < -0.39 is 5.63 Å². The molecule has 0 spiro atoms. The summed E-state index contributed by atoms with van der Waals surface area (Å²) >= 11 is 0. The molecule has 0 aliphatic carbocycles. The number of Topliss-reactive ketones (excluding diaryl/α,β-unsaturated/α-hetero) is 1. The Morgan fingerprint density at radius 3 is 2.48 bits per heavy atom. The van der Waals surface area contributed by atoms with Gasteiger partial charge in [-0.15, -0.1) is 0 Å². The predicted octanol–water partition coefficient (Wildman–Crippen LogP) is 3.88. The maximum Gasteiger partial charge on any atom is 0.336 e. The van der Waals surface area contributed by atoms with Gasteiger partial charge in [-0.2, -0.15) is 0 Å². The highest BCUT2D eigenvalue weighted by Gasteiger charge is 2.10. The van der Waals surface area contributed by atoms with Crippen LogP contribution in [0.3, 0.4) is 0 Å².